The van der Waals surface area contributed by atoms with Crippen LogP contribution in [-0.4, -0.2) is 46.2 Å². The van der Waals surface area contributed by atoms with Gasteiger partial charge >= 0.3 is 5.97 Å². The summed E-state index contributed by atoms with van der Waals surface area (Å²) in [6.45, 7) is 11.5. The lowest BCUT2D eigenvalue weighted by Gasteiger charge is -2.62. The lowest BCUT2D eigenvalue weighted by molar-refractivity contribution is -0.147. The molecular formula is C17H27NO4. The van der Waals surface area contributed by atoms with Gasteiger partial charge in [-0.2, -0.15) is 0 Å². The largest absolute Gasteiger partial charge is 0.464 e. The van der Waals surface area contributed by atoms with E-state index in [1.165, 1.54) is 6.08 Å². The van der Waals surface area contributed by atoms with Gasteiger partial charge in [0.05, 0.1) is 6.61 Å². The second-order valence-electron chi connectivity index (χ2n) is 7.16. The Hall–Kier alpha value is -1.20. The van der Waals surface area contributed by atoms with Crippen molar-refractivity contribution >= 4 is 11.7 Å². The van der Waals surface area contributed by atoms with Crippen LogP contribution in [0.5, 0.6) is 0 Å². The smallest absolute Gasteiger partial charge is 0.333 e. The molecule has 5 atom stereocenters. The summed E-state index contributed by atoms with van der Waals surface area (Å²) < 4.78 is 4.98. The third-order valence-electron chi connectivity index (χ3n) is 5.56. The molecule has 22 heavy (non-hydrogen) atoms. The molecule has 5 nitrogen and oxygen atoms in total. The summed E-state index contributed by atoms with van der Waals surface area (Å²) in [4.78, 5) is 16.4. The lowest BCUT2D eigenvalue weighted by atomic mass is 9.44. The number of carbonyl (C=O) groups is 1. The van der Waals surface area contributed by atoms with Gasteiger partial charge in [-0.05, 0) is 43.9 Å². The fourth-order valence-electron chi connectivity index (χ4n) is 3.93. The Balaban J connectivity index is 2.29. The number of nitrogens with zero attached hydrogens (tertiary/aromatic N) is 1. The molecule has 3 rings (SSSR count). The molecule has 3 aliphatic carbocycles. The number of esters is 1. The number of hydrogen-bond donors (Lipinski definition) is 2. The summed E-state index contributed by atoms with van der Waals surface area (Å²) in [5, 5.41) is 20.9. The highest BCUT2D eigenvalue weighted by molar-refractivity contribution is 5.96. The Bertz CT molecular complexity index is 495. The fourth-order valence-corrected chi connectivity index (χ4v) is 3.93. The molecule has 3 fully saturated rings. The van der Waals surface area contributed by atoms with E-state index < -0.39 is 23.7 Å². The minimum Gasteiger partial charge on any atom is -0.464 e. The van der Waals surface area contributed by atoms with Crippen LogP contribution in [0.25, 0.3) is 0 Å². The van der Waals surface area contributed by atoms with Gasteiger partial charge in [-0.3, -0.25) is 4.99 Å². The van der Waals surface area contributed by atoms with Crippen LogP contribution in [0.3, 0.4) is 0 Å². The van der Waals surface area contributed by atoms with E-state index >= 15 is 0 Å². The first-order valence-electron chi connectivity index (χ1n) is 7.93. The molecule has 0 amide bonds. The van der Waals surface area contributed by atoms with Crippen LogP contribution in [-0.2, 0) is 9.53 Å². The van der Waals surface area contributed by atoms with E-state index in [4.69, 9.17) is 4.74 Å². The van der Waals surface area contributed by atoms with Crippen molar-refractivity contribution in [2.24, 2.45) is 22.2 Å². The number of aliphatic hydroxyl groups excluding tert-OH is 1. The zero-order valence-electron chi connectivity index (χ0n) is 13.9. The molecule has 0 aromatic carbocycles. The van der Waals surface area contributed by atoms with Crippen molar-refractivity contribution in [1.82, 2.24) is 0 Å². The molecule has 0 radical (unpaired) electrons. The van der Waals surface area contributed by atoms with Crippen molar-refractivity contribution in [3.63, 3.8) is 0 Å². The fraction of sp³-hybridized carbons (Fsp3) is 0.765. The van der Waals surface area contributed by atoms with E-state index in [2.05, 4.69) is 25.4 Å². The first-order valence-corrected chi connectivity index (χ1v) is 7.93. The van der Waals surface area contributed by atoms with E-state index in [0.717, 1.165) is 6.42 Å². The highest BCUT2D eigenvalue weighted by atomic mass is 16.5. The molecule has 0 spiro atoms. The van der Waals surface area contributed by atoms with Gasteiger partial charge in [0.15, 0.2) is 6.04 Å². The minimum atomic E-state index is -1.12. The first-order chi connectivity index (χ1) is 10.2. The summed E-state index contributed by atoms with van der Waals surface area (Å²) in [7, 11) is 0. The predicted octanol–water partition coefficient (Wildman–Crippen LogP) is 1.72. The highest BCUT2D eigenvalue weighted by Gasteiger charge is 2.61. The van der Waals surface area contributed by atoms with Crippen molar-refractivity contribution in [3.8, 4) is 0 Å². The quantitative estimate of drug-likeness (QED) is 0.599. The summed E-state index contributed by atoms with van der Waals surface area (Å²) in [5.41, 5.74) is -0.380. The van der Waals surface area contributed by atoms with Crippen LogP contribution in [0.1, 0.15) is 40.5 Å². The molecule has 0 heterocycles. The van der Waals surface area contributed by atoms with Gasteiger partial charge in [-0.15, -0.1) is 6.58 Å². The van der Waals surface area contributed by atoms with E-state index in [1.54, 1.807) is 13.8 Å². The van der Waals surface area contributed by atoms with Gasteiger partial charge in [0, 0.05) is 5.71 Å². The van der Waals surface area contributed by atoms with Crippen molar-refractivity contribution < 1.29 is 19.7 Å². The Morgan fingerprint density at radius 3 is 2.64 bits per heavy atom. The highest BCUT2D eigenvalue weighted by Crippen LogP contribution is 2.61. The van der Waals surface area contributed by atoms with Crippen LogP contribution in [0.2, 0.25) is 0 Å². The molecule has 3 saturated carbocycles. The van der Waals surface area contributed by atoms with Crippen molar-refractivity contribution in [2.75, 3.05) is 6.61 Å². The van der Waals surface area contributed by atoms with Crippen LogP contribution in [0, 0.1) is 17.3 Å². The summed E-state index contributed by atoms with van der Waals surface area (Å²) in [6.07, 6.45) is 1.78. The topological polar surface area (TPSA) is 79.1 Å². The van der Waals surface area contributed by atoms with Gasteiger partial charge in [-0.25, -0.2) is 4.79 Å². The summed E-state index contributed by atoms with van der Waals surface area (Å²) in [5.74, 6) is -0.00174. The number of carbonyl (C=O) groups excluding carboxylic acids is 1. The van der Waals surface area contributed by atoms with Gasteiger partial charge in [0.25, 0.3) is 0 Å². The number of aliphatic imine (C=N–C) groups is 1. The third kappa shape index (κ3) is 2.61. The predicted molar refractivity (Wildman–Crippen MR) is 84.7 cm³/mol. The van der Waals surface area contributed by atoms with Gasteiger partial charge < -0.3 is 14.9 Å². The maximum atomic E-state index is 12.0. The van der Waals surface area contributed by atoms with Gasteiger partial charge in [0.2, 0.25) is 0 Å². The number of fused-ring (bicyclic) bond motifs is 2. The number of ether oxygens (including phenoxy) is 1. The zero-order valence-corrected chi connectivity index (χ0v) is 13.9. The molecule has 5 heteroatoms. The molecule has 0 aromatic heterocycles. The van der Waals surface area contributed by atoms with Crippen LogP contribution < -0.4 is 0 Å². The van der Waals surface area contributed by atoms with Crippen molar-refractivity contribution in [2.45, 2.75) is 58.3 Å². The van der Waals surface area contributed by atoms with Crippen LogP contribution >= 0.6 is 0 Å². The van der Waals surface area contributed by atoms with E-state index in [-0.39, 0.29) is 17.9 Å². The molecule has 124 valence electrons. The number of aliphatic hydroxyl groups is 2. The Labute approximate surface area is 132 Å². The Morgan fingerprint density at radius 2 is 2.18 bits per heavy atom. The molecule has 2 N–H and O–H groups in total. The maximum absolute atomic E-state index is 12.0. The van der Waals surface area contributed by atoms with Gasteiger partial charge in [0.1, 0.15) is 11.7 Å². The minimum absolute atomic E-state index is 0.0823. The Morgan fingerprint density at radius 1 is 1.55 bits per heavy atom. The van der Waals surface area contributed by atoms with Gasteiger partial charge in [-0.1, -0.05) is 19.9 Å². The zero-order chi connectivity index (χ0) is 16.7. The second kappa shape index (κ2) is 5.78. The Kier molecular flexibility index (Phi) is 4.51. The SMILES string of the molecule is C=C[C@@H](O)[C@@H](N=C1C[C@H]2C[C@H](C2(C)C)[C@@]1(C)O)C(=O)OCC. The number of hydrogen-bond acceptors (Lipinski definition) is 5. The molecule has 2 bridgehead atoms. The van der Waals surface area contributed by atoms with E-state index in [0.29, 0.717) is 18.1 Å². The maximum Gasteiger partial charge on any atom is 0.333 e. The molecule has 0 unspecified atom stereocenters. The van der Waals surface area contributed by atoms with Crippen LogP contribution in [0.4, 0.5) is 0 Å². The molecule has 0 aromatic rings. The molecule has 0 saturated heterocycles. The summed E-state index contributed by atoms with van der Waals surface area (Å²) >= 11 is 0. The monoisotopic (exact) mass is 309 g/mol. The van der Waals surface area contributed by atoms with E-state index in [9.17, 15) is 15.0 Å². The van der Waals surface area contributed by atoms with Crippen molar-refractivity contribution in [1.29, 1.82) is 0 Å². The summed E-state index contributed by atoms with van der Waals surface area (Å²) in [6, 6.07) is -1.06. The standard InChI is InChI=1S/C17H27NO4/c1-6-11(19)14(15(20)22-7-2)18-13-9-10-8-12(16(10,3)4)17(13,5)21/h6,10-12,14,19,21H,1,7-9H2,2-5H3/t10-,11-,12-,14-,17-/m1/s1. The molecule has 3 aliphatic rings. The normalized spacial score (nSPS) is 37.1. The lowest BCUT2D eigenvalue weighted by Crippen LogP contribution is -2.65. The van der Waals surface area contributed by atoms with Crippen molar-refractivity contribution in [3.05, 3.63) is 12.7 Å². The molecule has 0 aliphatic heterocycles. The third-order valence-corrected chi connectivity index (χ3v) is 5.56. The average Bonchev–Trinajstić information content (AvgIpc) is 2.44. The average molecular weight is 309 g/mol. The molecular weight excluding hydrogens is 282 g/mol. The second-order valence-corrected chi connectivity index (χ2v) is 7.16. The van der Waals surface area contributed by atoms with Crippen LogP contribution in [0.15, 0.2) is 17.6 Å². The number of rotatable bonds is 5. The first kappa shape index (κ1) is 17.2. The van der Waals surface area contributed by atoms with E-state index in [1.807, 2.05) is 0 Å².